The number of Topliss-reactive ketones (excluding diaryl/α,β-unsaturated/α-hetero) is 1. The number of rotatable bonds is 11. The summed E-state index contributed by atoms with van der Waals surface area (Å²) in [5, 5.41) is 24.6. The van der Waals surface area contributed by atoms with Gasteiger partial charge >= 0.3 is 5.76 Å². The molecule has 0 bridgehead atoms. The van der Waals surface area contributed by atoms with Crippen molar-refractivity contribution in [3.63, 3.8) is 0 Å². The number of halogens is 2. The number of primary amides is 1. The first-order chi connectivity index (χ1) is 19.7. The molecule has 42 heavy (non-hydrogen) atoms. The van der Waals surface area contributed by atoms with E-state index in [0.717, 1.165) is 56.4 Å². The molecule has 12 nitrogen and oxygen atoms in total. The number of benzene rings is 1. The number of amides is 2. The quantitative estimate of drug-likeness (QED) is 0.273. The average Bonchev–Trinajstić information content (AvgIpc) is 3.59. The summed E-state index contributed by atoms with van der Waals surface area (Å²) in [6.45, 7) is 3.22. The lowest BCUT2D eigenvalue weighted by Gasteiger charge is -2.40. The van der Waals surface area contributed by atoms with Crippen LogP contribution in [0, 0.1) is 11.8 Å². The van der Waals surface area contributed by atoms with Crippen molar-refractivity contribution in [3.05, 3.63) is 41.7 Å². The highest BCUT2D eigenvalue weighted by Gasteiger charge is 2.60. The molecule has 2 fully saturated rings. The SMILES string of the molecule is CC(C)(O)c1cnnn1C1CN[C@@](C(N)=O)(C(=O)CCNC(=O)c2ccc(S(=O)(=O)C(F)F)cc2)C1C1CCCCC1. The molecule has 3 atom stereocenters. The minimum absolute atomic E-state index is 0.00440. The van der Waals surface area contributed by atoms with Gasteiger partial charge < -0.3 is 16.2 Å². The smallest absolute Gasteiger partial charge is 0.341 e. The van der Waals surface area contributed by atoms with E-state index in [2.05, 4.69) is 20.9 Å². The number of carbonyl (C=O) groups is 3. The van der Waals surface area contributed by atoms with Gasteiger partial charge in [0.25, 0.3) is 5.91 Å². The molecule has 2 heterocycles. The van der Waals surface area contributed by atoms with E-state index in [4.69, 9.17) is 5.73 Å². The Morgan fingerprint density at radius 3 is 2.40 bits per heavy atom. The lowest BCUT2D eigenvalue weighted by molar-refractivity contribution is -0.139. The number of aromatic nitrogens is 3. The third-order valence-electron chi connectivity index (χ3n) is 8.32. The Bertz CT molecular complexity index is 1420. The van der Waals surface area contributed by atoms with Gasteiger partial charge in [-0.25, -0.2) is 13.1 Å². The molecule has 1 saturated carbocycles. The highest BCUT2D eigenvalue weighted by molar-refractivity contribution is 7.91. The molecule has 2 aliphatic rings. The molecular formula is C27H36F2N6O6S. The Morgan fingerprint density at radius 1 is 1.19 bits per heavy atom. The number of nitrogens with two attached hydrogens (primary N) is 1. The fourth-order valence-corrected chi connectivity index (χ4v) is 7.01. The second kappa shape index (κ2) is 12.1. The van der Waals surface area contributed by atoms with Crippen molar-refractivity contribution in [2.75, 3.05) is 13.1 Å². The number of hydrogen-bond acceptors (Lipinski definition) is 9. The fourth-order valence-electron chi connectivity index (χ4n) is 6.29. The van der Waals surface area contributed by atoms with Crippen molar-refractivity contribution < 1.29 is 36.7 Å². The second-order valence-corrected chi connectivity index (χ2v) is 13.3. The molecule has 5 N–H and O–H groups in total. The van der Waals surface area contributed by atoms with Gasteiger partial charge in [0.1, 0.15) is 5.60 Å². The minimum Gasteiger partial charge on any atom is -0.384 e. The fraction of sp³-hybridized carbons (Fsp3) is 0.593. The van der Waals surface area contributed by atoms with Crippen LogP contribution in [0.2, 0.25) is 0 Å². The molecule has 4 rings (SSSR count). The van der Waals surface area contributed by atoms with Crippen molar-refractivity contribution in [2.45, 2.75) is 80.2 Å². The molecule has 15 heteroatoms. The summed E-state index contributed by atoms with van der Waals surface area (Å²) in [6, 6.07) is 3.52. The lowest BCUT2D eigenvalue weighted by Crippen LogP contribution is -2.63. The van der Waals surface area contributed by atoms with E-state index in [0.29, 0.717) is 5.69 Å². The van der Waals surface area contributed by atoms with Crippen LogP contribution in [0.25, 0.3) is 0 Å². The van der Waals surface area contributed by atoms with Gasteiger partial charge in [0, 0.05) is 31.0 Å². The summed E-state index contributed by atoms with van der Waals surface area (Å²) < 4.78 is 50.4. The average molecular weight is 611 g/mol. The number of nitrogens with zero attached hydrogens (tertiary/aromatic N) is 3. The van der Waals surface area contributed by atoms with Gasteiger partial charge in [0.05, 0.1) is 22.8 Å². The maximum atomic E-state index is 13.8. The number of nitrogens with one attached hydrogen (secondary N) is 2. The van der Waals surface area contributed by atoms with Crippen LogP contribution >= 0.6 is 0 Å². The Hall–Kier alpha value is -3.30. The molecule has 2 aromatic rings. The van der Waals surface area contributed by atoms with E-state index in [1.807, 2.05) is 0 Å². The zero-order valence-corrected chi connectivity index (χ0v) is 24.2. The predicted octanol–water partition coefficient (Wildman–Crippen LogP) is 1.46. The zero-order valence-electron chi connectivity index (χ0n) is 23.4. The summed E-state index contributed by atoms with van der Waals surface area (Å²) in [5.41, 5.74) is 3.37. The van der Waals surface area contributed by atoms with Gasteiger partial charge in [-0.05, 0) is 44.0 Å². The van der Waals surface area contributed by atoms with Crippen LogP contribution in [0.1, 0.15) is 74.5 Å². The molecule has 1 aromatic carbocycles. The van der Waals surface area contributed by atoms with E-state index < -0.39 is 61.2 Å². The monoisotopic (exact) mass is 610 g/mol. The molecule has 2 unspecified atom stereocenters. The van der Waals surface area contributed by atoms with E-state index in [1.54, 1.807) is 18.5 Å². The first-order valence-electron chi connectivity index (χ1n) is 13.8. The Balaban J connectivity index is 1.54. The van der Waals surface area contributed by atoms with Crippen molar-refractivity contribution in [3.8, 4) is 0 Å². The first-order valence-corrected chi connectivity index (χ1v) is 15.4. The molecule has 0 radical (unpaired) electrons. The van der Waals surface area contributed by atoms with E-state index >= 15 is 0 Å². The van der Waals surface area contributed by atoms with Crippen LogP contribution in [0.4, 0.5) is 8.78 Å². The molecule has 1 aliphatic heterocycles. The Morgan fingerprint density at radius 2 is 1.83 bits per heavy atom. The van der Waals surface area contributed by atoms with Gasteiger partial charge in [-0.15, -0.1) is 5.10 Å². The lowest BCUT2D eigenvalue weighted by atomic mass is 9.67. The molecule has 1 saturated heterocycles. The van der Waals surface area contributed by atoms with Crippen molar-refractivity contribution >= 4 is 27.4 Å². The van der Waals surface area contributed by atoms with Crippen LogP contribution in [0.15, 0.2) is 35.4 Å². The van der Waals surface area contributed by atoms with Crippen molar-refractivity contribution in [1.29, 1.82) is 0 Å². The van der Waals surface area contributed by atoms with Crippen molar-refractivity contribution in [2.24, 2.45) is 17.6 Å². The van der Waals surface area contributed by atoms with Crippen LogP contribution in [-0.2, 0) is 25.0 Å². The molecule has 230 valence electrons. The molecule has 1 aliphatic carbocycles. The Kier molecular flexibility index (Phi) is 9.14. The summed E-state index contributed by atoms with van der Waals surface area (Å²) in [7, 11) is -4.80. The zero-order chi connectivity index (χ0) is 30.9. The maximum Gasteiger partial charge on any atom is 0.341 e. The third-order valence-corrected chi connectivity index (χ3v) is 9.72. The topological polar surface area (TPSA) is 186 Å². The van der Waals surface area contributed by atoms with Crippen molar-refractivity contribution in [1.82, 2.24) is 25.6 Å². The number of sulfone groups is 1. The Labute approximate surface area is 242 Å². The van der Waals surface area contributed by atoms with Crippen LogP contribution < -0.4 is 16.4 Å². The van der Waals surface area contributed by atoms with Crippen LogP contribution in [0.3, 0.4) is 0 Å². The number of hydrogen-bond donors (Lipinski definition) is 4. The predicted molar refractivity (Wildman–Crippen MR) is 146 cm³/mol. The van der Waals surface area contributed by atoms with Crippen LogP contribution in [0.5, 0.6) is 0 Å². The van der Waals surface area contributed by atoms with Gasteiger partial charge in [0.15, 0.2) is 11.3 Å². The molecule has 1 aromatic heterocycles. The molecule has 2 amide bonds. The highest BCUT2D eigenvalue weighted by Crippen LogP contribution is 2.47. The maximum absolute atomic E-state index is 13.8. The van der Waals surface area contributed by atoms with Gasteiger partial charge in [-0.1, -0.05) is 37.3 Å². The van der Waals surface area contributed by atoms with E-state index in [9.17, 15) is 36.7 Å². The second-order valence-electron chi connectivity index (χ2n) is 11.4. The van der Waals surface area contributed by atoms with E-state index in [1.165, 1.54) is 6.20 Å². The molecular weight excluding hydrogens is 574 g/mol. The summed E-state index contributed by atoms with van der Waals surface area (Å²) >= 11 is 0. The number of alkyl halides is 2. The largest absolute Gasteiger partial charge is 0.384 e. The summed E-state index contributed by atoms with van der Waals surface area (Å²) in [4.78, 5) is 39.0. The third kappa shape index (κ3) is 5.95. The number of ketones is 1. The van der Waals surface area contributed by atoms with Gasteiger partial charge in [-0.3, -0.25) is 19.7 Å². The minimum atomic E-state index is -4.80. The van der Waals surface area contributed by atoms with Gasteiger partial charge in [0.2, 0.25) is 15.7 Å². The summed E-state index contributed by atoms with van der Waals surface area (Å²) in [6.07, 6.45) is 5.68. The highest BCUT2D eigenvalue weighted by atomic mass is 32.2. The van der Waals surface area contributed by atoms with Crippen LogP contribution in [-0.4, -0.2) is 70.5 Å². The number of aliphatic hydroxyl groups is 1. The number of carbonyl (C=O) groups excluding carboxylic acids is 3. The van der Waals surface area contributed by atoms with E-state index in [-0.39, 0.29) is 31.0 Å². The molecule has 0 spiro atoms. The normalized spacial score (nSPS) is 23.7. The van der Waals surface area contributed by atoms with Gasteiger partial charge in [-0.2, -0.15) is 8.78 Å². The standard InChI is InChI=1S/C27H36F2N6O6S/c1-26(2,39)20-15-33-34-35(20)19-14-32-27(24(30)38,22(19)16-6-4-3-5-7-16)21(36)12-13-31-23(37)17-8-10-18(11-9-17)42(40,41)25(28)29/h8-11,15-16,19,22,25,32,39H,3-7,12-14H2,1-2H3,(H2,30,38)(H,31,37)/t19?,22?,27-/m0/s1. The first kappa shape index (κ1) is 31.6. The summed E-state index contributed by atoms with van der Waals surface area (Å²) in [5.74, 6) is -6.20.